The first-order valence-electron chi connectivity index (χ1n) is 8.16. The number of para-hydroxylation sites is 1. The average Bonchev–Trinajstić information content (AvgIpc) is 2.44. The summed E-state index contributed by atoms with van der Waals surface area (Å²) in [6.45, 7) is 12.2. The van der Waals surface area contributed by atoms with Gasteiger partial charge in [0, 0.05) is 18.7 Å². The monoisotopic (exact) mass is 290 g/mol. The highest BCUT2D eigenvalue weighted by Crippen LogP contribution is 2.34. The van der Waals surface area contributed by atoms with Crippen molar-refractivity contribution in [1.82, 2.24) is 10.2 Å². The van der Waals surface area contributed by atoms with Crippen LogP contribution in [0.5, 0.6) is 5.75 Å². The minimum Gasteiger partial charge on any atom is -0.492 e. The quantitative estimate of drug-likeness (QED) is 0.870. The van der Waals surface area contributed by atoms with Gasteiger partial charge in [0.15, 0.2) is 0 Å². The molecule has 2 unspecified atom stereocenters. The number of ether oxygens (including phenoxy) is 1. The van der Waals surface area contributed by atoms with Crippen LogP contribution in [0.15, 0.2) is 24.3 Å². The summed E-state index contributed by atoms with van der Waals surface area (Å²) in [5.41, 5.74) is 1.29. The Bertz CT molecular complexity index is 435. The lowest BCUT2D eigenvalue weighted by atomic mass is 9.94. The van der Waals surface area contributed by atoms with E-state index in [2.05, 4.69) is 63.2 Å². The number of hydrogen-bond donors (Lipinski definition) is 1. The molecule has 1 heterocycles. The molecule has 3 nitrogen and oxygen atoms in total. The summed E-state index contributed by atoms with van der Waals surface area (Å²) in [5.74, 6) is 2.36. The van der Waals surface area contributed by atoms with E-state index in [-0.39, 0.29) is 0 Å². The molecule has 21 heavy (non-hydrogen) atoms. The van der Waals surface area contributed by atoms with Crippen LogP contribution in [0.25, 0.3) is 0 Å². The van der Waals surface area contributed by atoms with E-state index < -0.39 is 0 Å². The molecule has 118 valence electrons. The largest absolute Gasteiger partial charge is 0.492 e. The van der Waals surface area contributed by atoms with E-state index >= 15 is 0 Å². The molecule has 3 heteroatoms. The first-order valence-corrected chi connectivity index (χ1v) is 8.16. The fourth-order valence-corrected chi connectivity index (χ4v) is 3.30. The Kier molecular flexibility index (Phi) is 5.65. The SMILES string of the molecule is CNC1c2ccccc2OCC1N(CC(C)C)CC(C)C. The third-order valence-corrected chi connectivity index (χ3v) is 4.03. The standard InChI is InChI=1S/C18H30N2O/c1-13(2)10-20(11-14(3)4)16-12-21-17-9-7-6-8-15(17)18(16)19-5/h6-9,13-14,16,18-19H,10-12H2,1-5H3. The molecule has 2 atom stereocenters. The van der Waals surface area contributed by atoms with Gasteiger partial charge in [-0.05, 0) is 24.9 Å². The molecule has 0 bridgehead atoms. The highest BCUT2D eigenvalue weighted by molar-refractivity contribution is 5.38. The second-order valence-electron chi connectivity index (χ2n) is 6.92. The van der Waals surface area contributed by atoms with Crippen molar-refractivity contribution in [2.45, 2.75) is 39.8 Å². The number of hydrogen-bond acceptors (Lipinski definition) is 3. The molecule has 0 radical (unpaired) electrons. The lowest BCUT2D eigenvalue weighted by Crippen LogP contribution is -2.51. The van der Waals surface area contributed by atoms with Gasteiger partial charge in [-0.15, -0.1) is 0 Å². The van der Waals surface area contributed by atoms with Gasteiger partial charge in [-0.3, -0.25) is 4.90 Å². The molecule has 1 N–H and O–H groups in total. The predicted molar refractivity (Wildman–Crippen MR) is 88.8 cm³/mol. The molecule has 1 aromatic rings. The van der Waals surface area contributed by atoms with Crippen LogP contribution < -0.4 is 10.1 Å². The van der Waals surface area contributed by atoms with Crippen LogP contribution in [0.1, 0.15) is 39.3 Å². The molecule has 0 aromatic heterocycles. The van der Waals surface area contributed by atoms with Crippen molar-refractivity contribution >= 4 is 0 Å². The number of rotatable bonds is 6. The summed E-state index contributed by atoms with van der Waals surface area (Å²) < 4.78 is 6.03. The smallest absolute Gasteiger partial charge is 0.124 e. The number of nitrogens with zero attached hydrogens (tertiary/aromatic N) is 1. The zero-order valence-corrected chi connectivity index (χ0v) is 14.1. The molecule has 1 aliphatic heterocycles. The normalized spacial score (nSPS) is 21.7. The Morgan fingerprint density at radius 3 is 2.33 bits per heavy atom. The van der Waals surface area contributed by atoms with Gasteiger partial charge in [0.2, 0.25) is 0 Å². The fourth-order valence-electron chi connectivity index (χ4n) is 3.30. The van der Waals surface area contributed by atoms with Crippen molar-refractivity contribution < 1.29 is 4.74 Å². The first kappa shape index (κ1) is 16.3. The van der Waals surface area contributed by atoms with E-state index in [0.29, 0.717) is 23.9 Å². The maximum Gasteiger partial charge on any atom is 0.124 e. The van der Waals surface area contributed by atoms with Crippen molar-refractivity contribution in [1.29, 1.82) is 0 Å². The second-order valence-corrected chi connectivity index (χ2v) is 6.92. The predicted octanol–water partition coefficient (Wildman–Crippen LogP) is 3.32. The third-order valence-electron chi connectivity index (χ3n) is 4.03. The molecule has 0 saturated carbocycles. The average molecular weight is 290 g/mol. The van der Waals surface area contributed by atoms with Gasteiger partial charge in [0.25, 0.3) is 0 Å². The van der Waals surface area contributed by atoms with Crippen molar-refractivity contribution in [3.8, 4) is 5.75 Å². The van der Waals surface area contributed by atoms with E-state index in [1.807, 2.05) is 6.07 Å². The van der Waals surface area contributed by atoms with Crippen LogP contribution in [0.2, 0.25) is 0 Å². The van der Waals surface area contributed by atoms with Crippen LogP contribution in [0.3, 0.4) is 0 Å². The van der Waals surface area contributed by atoms with Crippen molar-refractivity contribution in [3.63, 3.8) is 0 Å². The Morgan fingerprint density at radius 2 is 1.76 bits per heavy atom. The molecular weight excluding hydrogens is 260 g/mol. The van der Waals surface area contributed by atoms with Gasteiger partial charge in [0.05, 0.1) is 12.1 Å². The highest BCUT2D eigenvalue weighted by atomic mass is 16.5. The van der Waals surface area contributed by atoms with Crippen LogP contribution in [-0.4, -0.2) is 37.7 Å². The molecular formula is C18H30N2O. The number of nitrogens with one attached hydrogen (secondary N) is 1. The van der Waals surface area contributed by atoms with Crippen molar-refractivity contribution in [2.75, 3.05) is 26.7 Å². The summed E-state index contributed by atoms with van der Waals surface area (Å²) in [6.07, 6.45) is 0. The number of likely N-dealkylation sites (N-methyl/N-ethyl adjacent to an activating group) is 1. The number of fused-ring (bicyclic) bond motifs is 1. The topological polar surface area (TPSA) is 24.5 Å². The highest BCUT2D eigenvalue weighted by Gasteiger charge is 2.34. The van der Waals surface area contributed by atoms with Crippen molar-refractivity contribution in [2.24, 2.45) is 11.8 Å². The van der Waals surface area contributed by atoms with E-state index in [1.165, 1.54) is 5.56 Å². The zero-order valence-electron chi connectivity index (χ0n) is 14.1. The lowest BCUT2D eigenvalue weighted by molar-refractivity contribution is 0.0695. The summed E-state index contributed by atoms with van der Waals surface area (Å²) in [4.78, 5) is 2.60. The molecule has 1 aromatic carbocycles. The Labute approximate surface area is 129 Å². The van der Waals surface area contributed by atoms with Gasteiger partial charge < -0.3 is 10.1 Å². The van der Waals surface area contributed by atoms with Gasteiger partial charge in [-0.1, -0.05) is 45.9 Å². The summed E-state index contributed by atoms with van der Waals surface area (Å²) in [7, 11) is 2.06. The minimum absolute atomic E-state index is 0.340. The zero-order chi connectivity index (χ0) is 15.4. The van der Waals surface area contributed by atoms with E-state index in [1.54, 1.807) is 0 Å². The third kappa shape index (κ3) is 3.98. The molecule has 0 fully saturated rings. The summed E-state index contributed by atoms with van der Waals surface area (Å²) in [5, 5.41) is 3.52. The van der Waals surface area contributed by atoms with Gasteiger partial charge >= 0.3 is 0 Å². The maximum atomic E-state index is 6.03. The Hall–Kier alpha value is -1.06. The van der Waals surface area contributed by atoms with Gasteiger partial charge in [0.1, 0.15) is 12.4 Å². The molecule has 0 spiro atoms. The van der Waals surface area contributed by atoms with Crippen LogP contribution in [0.4, 0.5) is 0 Å². The second kappa shape index (κ2) is 7.28. The molecule has 1 aliphatic rings. The minimum atomic E-state index is 0.340. The Morgan fingerprint density at radius 1 is 1.14 bits per heavy atom. The maximum absolute atomic E-state index is 6.03. The summed E-state index contributed by atoms with van der Waals surface area (Å²) >= 11 is 0. The summed E-state index contributed by atoms with van der Waals surface area (Å²) in [6, 6.07) is 9.15. The number of benzene rings is 1. The fraction of sp³-hybridized carbons (Fsp3) is 0.667. The van der Waals surface area contributed by atoms with Gasteiger partial charge in [-0.2, -0.15) is 0 Å². The molecule has 2 rings (SSSR count). The molecule has 0 aliphatic carbocycles. The first-order chi connectivity index (χ1) is 10.0. The van der Waals surface area contributed by atoms with Crippen LogP contribution in [0, 0.1) is 11.8 Å². The molecule has 0 saturated heterocycles. The van der Waals surface area contributed by atoms with Crippen LogP contribution in [-0.2, 0) is 0 Å². The van der Waals surface area contributed by atoms with E-state index in [9.17, 15) is 0 Å². The van der Waals surface area contributed by atoms with Crippen molar-refractivity contribution in [3.05, 3.63) is 29.8 Å². The molecule has 0 amide bonds. The van der Waals surface area contributed by atoms with E-state index in [0.717, 1.165) is 25.4 Å². The van der Waals surface area contributed by atoms with E-state index in [4.69, 9.17) is 4.74 Å². The van der Waals surface area contributed by atoms with Gasteiger partial charge in [-0.25, -0.2) is 0 Å². The lowest BCUT2D eigenvalue weighted by Gasteiger charge is -2.42. The Balaban J connectivity index is 2.24. The van der Waals surface area contributed by atoms with Crippen LogP contribution >= 0.6 is 0 Å².